The number of aliphatic hydroxyl groups is 1. The van der Waals surface area contributed by atoms with Crippen LogP contribution in [0, 0.1) is 11.3 Å². The third kappa shape index (κ3) is 4.45. The predicted molar refractivity (Wildman–Crippen MR) is 109 cm³/mol. The van der Waals surface area contributed by atoms with Crippen LogP contribution in [0.15, 0.2) is 30.7 Å². The number of piperidine rings is 1. The maximum Gasteiger partial charge on any atom is 0.230 e. The SMILES string of the molecule is Cn1ncc(Nc2ncnc(-c3ccc(O[C@H]4CCNC[C@H]4F)c(C#N)c3)n2)c1CO. The van der Waals surface area contributed by atoms with Crippen LogP contribution >= 0.6 is 0 Å². The number of benzene rings is 1. The molecule has 3 aromatic rings. The number of nitrogens with one attached hydrogen (secondary N) is 2. The standard InChI is InChI=1S/C20H21FN8O2/c1-29-16(10-30)15(9-26-29)27-20-25-11-24-19(28-20)12-2-3-17(13(6-12)7-22)31-18-4-5-23-8-14(18)21/h2-3,6,9,11,14,18,23,30H,4-5,8,10H2,1H3,(H,24,25,27,28)/t14-,18+/m1/s1. The molecule has 1 aliphatic rings. The summed E-state index contributed by atoms with van der Waals surface area (Å²) in [6, 6.07) is 7.04. The van der Waals surface area contributed by atoms with Crippen LogP contribution in [0.3, 0.4) is 0 Å². The van der Waals surface area contributed by atoms with Crippen molar-refractivity contribution in [1.82, 2.24) is 30.0 Å². The van der Waals surface area contributed by atoms with Gasteiger partial charge in [-0.05, 0) is 31.2 Å². The number of alkyl halides is 1. The molecular weight excluding hydrogens is 403 g/mol. The maximum absolute atomic E-state index is 14.1. The van der Waals surface area contributed by atoms with Crippen molar-refractivity contribution in [3.63, 3.8) is 0 Å². The molecule has 0 amide bonds. The smallest absolute Gasteiger partial charge is 0.230 e. The van der Waals surface area contributed by atoms with E-state index in [2.05, 4.69) is 36.8 Å². The molecule has 11 heteroatoms. The van der Waals surface area contributed by atoms with Crippen molar-refractivity contribution in [2.24, 2.45) is 7.05 Å². The molecule has 31 heavy (non-hydrogen) atoms. The molecule has 0 unspecified atom stereocenters. The van der Waals surface area contributed by atoms with Gasteiger partial charge in [0.1, 0.15) is 30.4 Å². The van der Waals surface area contributed by atoms with Gasteiger partial charge in [0.05, 0.1) is 29.7 Å². The topological polar surface area (TPSA) is 134 Å². The fourth-order valence-electron chi connectivity index (χ4n) is 3.32. The molecule has 1 saturated heterocycles. The maximum atomic E-state index is 14.1. The first-order valence-electron chi connectivity index (χ1n) is 9.72. The second-order valence-electron chi connectivity index (χ2n) is 7.03. The van der Waals surface area contributed by atoms with Crippen molar-refractivity contribution in [1.29, 1.82) is 5.26 Å². The highest BCUT2D eigenvalue weighted by atomic mass is 19.1. The number of anilines is 2. The Morgan fingerprint density at radius 1 is 1.42 bits per heavy atom. The minimum atomic E-state index is -1.13. The van der Waals surface area contributed by atoms with Gasteiger partial charge in [0.15, 0.2) is 5.82 Å². The van der Waals surface area contributed by atoms with Crippen LogP contribution in [0.25, 0.3) is 11.4 Å². The minimum Gasteiger partial charge on any atom is -0.486 e. The van der Waals surface area contributed by atoms with E-state index < -0.39 is 12.3 Å². The first-order chi connectivity index (χ1) is 15.1. The highest BCUT2D eigenvalue weighted by molar-refractivity contribution is 5.63. The molecule has 2 aromatic heterocycles. The van der Waals surface area contributed by atoms with Gasteiger partial charge < -0.3 is 20.5 Å². The van der Waals surface area contributed by atoms with Crippen LogP contribution in [0.2, 0.25) is 0 Å². The molecule has 1 fully saturated rings. The quantitative estimate of drug-likeness (QED) is 0.537. The van der Waals surface area contributed by atoms with E-state index in [4.69, 9.17) is 4.74 Å². The summed E-state index contributed by atoms with van der Waals surface area (Å²) in [5.74, 6) is 0.942. The minimum absolute atomic E-state index is 0.194. The zero-order chi connectivity index (χ0) is 21.8. The number of nitriles is 1. The Morgan fingerprint density at radius 3 is 3.06 bits per heavy atom. The normalized spacial score (nSPS) is 18.4. The number of halogens is 1. The summed E-state index contributed by atoms with van der Waals surface area (Å²) >= 11 is 0. The van der Waals surface area contributed by atoms with Crippen LogP contribution < -0.4 is 15.4 Å². The van der Waals surface area contributed by atoms with Crippen molar-refractivity contribution >= 4 is 11.6 Å². The lowest BCUT2D eigenvalue weighted by atomic mass is 10.1. The summed E-state index contributed by atoms with van der Waals surface area (Å²) in [7, 11) is 1.72. The van der Waals surface area contributed by atoms with E-state index in [0.717, 1.165) is 0 Å². The molecule has 3 heterocycles. The molecule has 0 aliphatic carbocycles. The molecule has 2 atom stereocenters. The molecule has 0 radical (unpaired) electrons. The van der Waals surface area contributed by atoms with Crippen LogP contribution in [0.1, 0.15) is 17.7 Å². The fraction of sp³-hybridized carbons (Fsp3) is 0.350. The van der Waals surface area contributed by atoms with E-state index in [0.29, 0.717) is 41.5 Å². The van der Waals surface area contributed by atoms with Gasteiger partial charge in [0.25, 0.3) is 0 Å². The van der Waals surface area contributed by atoms with Crippen LogP contribution in [-0.2, 0) is 13.7 Å². The number of hydrogen-bond acceptors (Lipinski definition) is 9. The monoisotopic (exact) mass is 424 g/mol. The Morgan fingerprint density at radius 2 is 2.29 bits per heavy atom. The lowest BCUT2D eigenvalue weighted by Crippen LogP contribution is -2.44. The summed E-state index contributed by atoms with van der Waals surface area (Å²) < 4.78 is 21.4. The lowest BCUT2D eigenvalue weighted by molar-refractivity contribution is 0.0729. The number of aryl methyl sites for hydroxylation is 1. The largest absolute Gasteiger partial charge is 0.486 e. The Labute approximate surface area is 177 Å². The van der Waals surface area contributed by atoms with Gasteiger partial charge in [-0.15, -0.1) is 0 Å². The number of rotatable bonds is 6. The number of nitrogens with zero attached hydrogens (tertiary/aromatic N) is 6. The summed E-state index contributed by atoms with van der Waals surface area (Å²) in [5, 5.41) is 29.1. The van der Waals surface area contributed by atoms with Gasteiger partial charge in [-0.25, -0.2) is 14.4 Å². The Kier molecular flexibility index (Phi) is 6.01. The lowest BCUT2D eigenvalue weighted by Gasteiger charge is -2.27. The second kappa shape index (κ2) is 9.03. The zero-order valence-electron chi connectivity index (χ0n) is 16.8. The van der Waals surface area contributed by atoms with E-state index in [1.54, 1.807) is 36.1 Å². The van der Waals surface area contributed by atoms with Gasteiger partial charge in [-0.1, -0.05) is 0 Å². The second-order valence-corrected chi connectivity index (χ2v) is 7.03. The van der Waals surface area contributed by atoms with Crippen LogP contribution in [0.5, 0.6) is 5.75 Å². The van der Waals surface area contributed by atoms with Crippen molar-refractivity contribution in [2.75, 3.05) is 18.4 Å². The number of aromatic nitrogens is 5. The van der Waals surface area contributed by atoms with Crippen molar-refractivity contribution in [3.8, 4) is 23.2 Å². The van der Waals surface area contributed by atoms with E-state index in [1.807, 2.05) is 0 Å². The summed E-state index contributed by atoms with van der Waals surface area (Å²) in [5.41, 5.74) is 2.02. The van der Waals surface area contributed by atoms with E-state index >= 15 is 0 Å². The average Bonchev–Trinajstić information content (AvgIpc) is 3.14. The summed E-state index contributed by atoms with van der Waals surface area (Å²) in [6.07, 6.45) is 1.72. The third-order valence-electron chi connectivity index (χ3n) is 5.01. The first-order valence-corrected chi connectivity index (χ1v) is 9.72. The van der Waals surface area contributed by atoms with Crippen LogP contribution in [-0.4, -0.2) is 55.2 Å². The van der Waals surface area contributed by atoms with E-state index in [1.165, 1.54) is 6.33 Å². The summed E-state index contributed by atoms with van der Waals surface area (Å²) in [4.78, 5) is 12.7. The van der Waals surface area contributed by atoms with Gasteiger partial charge in [-0.3, -0.25) is 4.68 Å². The average molecular weight is 424 g/mol. The Bertz CT molecular complexity index is 1110. The Hall–Kier alpha value is -3.62. The van der Waals surface area contributed by atoms with Gasteiger partial charge in [-0.2, -0.15) is 15.3 Å². The number of ether oxygens (including phenoxy) is 1. The van der Waals surface area contributed by atoms with Crippen molar-refractivity contribution in [3.05, 3.63) is 42.0 Å². The first kappa shape index (κ1) is 20.6. The number of hydrogen-bond donors (Lipinski definition) is 3. The van der Waals surface area contributed by atoms with E-state index in [-0.39, 0.29) is 24.7 Å². The van der Waals surface area contributed by atoms with Gasteiger partial charge in [0, 0.05) is 19.2 Å². The molecule has 1 aromatic carbocycles. The van der Waals surface area contributed by atoms with Crippen molar-refractivity contribution < 1.29 is 14.2 Å². The highest BCUT2D eigenvalue weighted by Gasteiger charge is 2.27. The molecule has 1 aliphatic heterocycles. The Balaban J connectivity index is 1.57. The van der Waals surface area contributed by atoms with E-state index in [9.17, 15) is 14.8 Å². The van der Waals surface area contributed by atoms with Crippen molar-refractivity contribution in [2.45, 2.75) is 25.3 Å². The molecule has 0 bridgehead atoms. The number of aliphatic hydroxyl groups excluding tert-OH is 1. The van der Waals surface area contributed by atoms with Gasteiger partial charge >= 0.3 is 0 Å². The fourth-order valence-corrected chi connectivity index (χ4v) is 3.32. The molecule has 0 spiro atoms. The van der Waals surface area contributed by atoms with Crippen LogP contribution in [0.4, 0.5) is 16.0 Å². The molecule has 3 N–H and O–H groups in total. The molecule has 160 valence electrons. The molecule has 0 saturated carbocycles. The zero-order valence-corrected chi connectivity index (χ0v) is 16.8. The highest BCUT2D eigenvalue weighted by Crippen LogP contribution is 2.27. The molecule has 10 nitrogen and oxygen atoms in total. The molecular formula is C20H21FN8O2. The van der Waals surface area contributed by atoms with Gasteiger partial charge in [0.2, 0.25) is 5.95 Å². The molecule has 4 rings (SSSR count). The third-order valence-corrected chi connectivity index (χ3v) is 5.01. The predicted octanol–water partition coefficient (Wildman–Crippen LogP) is 1.46. The summed E-state index contributed by atoms with van der Waals surface area (Å²) in [6.45, 7) is 0.710.